The van der Waals surface area contributed by atoms with E-state index in [2.05, 4.69) is 0 Å². The number of para-hydroxylation sites is 2. The number of methoxy groups -OCH3 is 1. The molecule has 0 amide bonds. The summed E-state index contributed by atoms with van der Waals surface area (Å²) in [7, 11) is 1.62. The molecule has 24 heavy (non-hydrogen) atoms. The third-order valence-corrected chi connectivity index (χ3v) is 3.72. The van der Waals surface area contributed by atoms with Crippen LogP contribution in [0.5, 0.6) is 11.5 Å². The zero-order valence-corrected chi connectivity index (χ0v) is 13.4. The lowest BCUT2D eigenvalue weighted by Gasteiger charge is -2.10. The van der Waals surface area contributed by atoms with E-state index in [4.69, 9.17) is 9.47 Å². The number of carbonyl (C=O) groups excluding carboxylic acids is 1. The number of carbonyl (C=O) groups is 1. The van der Waals surface area contributed by atoms with Crippen LogP contribution in [0.2, 0.25) is 0 Å². The summed E-state index contributed by atoms with van der Waals surface area (Å²) >= 11 is 0. The molecule has 0 aromatic heterocycles. The molecule has 0 aliphatic heterocycles. The molecule has 3 nitrogen and oxygen atoms in total. The summed E-state index contributed by atoms with van der Waals surface area (Å²) in [6.07, 6.45) is 0. The lowest BCUT2D eigenvalue weighted by atomic mass is 10.0. The minimum absolute atomic E-state index is 0.0211. The van der Waals surface area contributed by atoms with E-state index >= 15 is 0 Å². The number of ketones is 1. The van der Waals surface area contributed by atoms with Gasteiger partial charge in [0.2, 0.25) is 0 Å². The Morgan fingerprint density at radius 2 is 1.33 bits per heavy atom. The Balaban J connectivity index is 1.68. The van der Waals surface area contributed by atoms with Crippen LogP contribution in [0.15, 0.2) is 78.9 Å². The maximum Gasteiger partial charge on any atom is 0.193 e. The van der Waals surface area contributed by atoms with E-state index in [0.717, 1.165) is 5.56 Å². The molecule has 0 atom stereocenters. The molecule has 3 heteroatoms. The van der Waals surface area contributed by atoms with Crippen LogP contribution in [-0.4, -0.2) is 12.9 Å². The topological polar surface area (TPSA) is 35.5 Å². The predicted molar refractivity (Wildman–Crippen MR) is 93.6 cm³/mol. The quantitative estimate of drug-likeness (QED) is 0.628. The molecular weight excluding hydrogens is 300 g/mol. The first-order valence-electron chi connectivity index (χ1n) is 7.72. The predicted octanol–water partition coefficient (Wildman–Crippen LogP) is 4.51. The van der Waals surface area contributed by atoms with Crippen molar-refractivity contribution in [3.05, 3.63) is 95.6 Å². The average Bonchev–Trinajstić information content (AvgIpc) is 2.67. The molecule has 0 aliphatic carbocycles. The fraction of sp³-hybridized carbons (Fsp3) is 0.0952. The van der Waals surface area contributed by atoms with Gasteiger partial charge >= 0.3 is 0 Å². The van der Waals surface area contributed by atoms with E-state index in [1.807, 2.05) is 78.9 Å². The van der Waals surface area contributed by atoms with Gasteiger partial charge in [-0.2, -0.15) is 0 Å². The first kappa shape index (κ1) is 15.8. The van der Waals surface area contributed by atoms with Crippen LogP contribution in [0.1, 0.15) is 21.5 Å². The third kappa shape index (κ3) is 3.63. The van der Waals surface area contributed by atoms with E-state index in [-0.39, 0.29) is 5.78 Å². The SMILES string of the molecule is COc1ccccc1OCc1ccc(C(=O)c2ccccc2)cc1. The third-order valence-electron chi connectivity index (χ3n) is 3.72. The Kier molecular flexibility index (Phi) is 4.92. The average molecular weight is 318 g/mol. The van der Waals surface area contributed by atoms with Gasteiger partial charge in [0.05, 0.1) is 7.11 Å². The molecule has 3 aromatic rings. The van der Waals surface area contributed by atoms with Gasteiger partial charge in [0, 0.05) is 11.1 Å². The number of rotatable bonds is 6. The smallest absolute Gasteiger partial charge is 0.193 e. The Labute approximate surface area is 141 Å². The largest absolute Gasteiger partial charge is 0.493 e. The van der Waals surface area contributed by atoms with Gasteiger partial charge in [0.1, 0.15) is 6.61 Å². The molecule has 0 spiro atoms. The normalized spacial score (nSPS) is 10.2. The summed E-state index contributed by atoms with van der Waals surface area (Å²) in [4.78, 5) is 12.4. The van der Waals surface area contributed by atoms with Crippen LogP contribution in [0, 0.1) is 0 Å². The summed E-state index contributed by atoms with van der Waals surface area (Å²) in [6, 6.07) is 24.3. The van der Waals surface area contributed by atoms with Gasteiger partial charge in [-0.1, -0.05) is 66.7 Å². The molecule has 3 aromatic carbocycles. The fourth-order valence-electron chi connectivity index (χ4n) is 2.41. The van der Waals surface area contributed by atoms with Crippen molar-refractivity contribution < 1.29 is 14.3 Å². The van der Waals surface area contributed by atoms with Crippen LogP contribution >= 0.6 is 0 Å². The monoisotopic (exact) mass is 318 g/mol. The van der Waals surface area contributed by atoms with Gasteiger partial charge in [0.25, 0.3) is 0 Å². The zero-order valence-electron chi connectivity index (χ0n) is 13.4. The van der Waals surface area contributed by atoms with Crippen LogP contribution < -0.4 is 9.47 Å². The van der Waals surface area contributed by atoms with Crippen molar-refractivity contribution in [3.63, 3.8) is 0 Å². The van der Waals surface area contributed by atoms with Crippen LogP contribution in [-0.2, 0) is 6.61 Å². The van der Waals surface area contributed by atoms with Crippen molar-refractivity contribution in [1.82, 2.24) is 0 Å². The molecule has 0 N–H and O–H groups in total. The number of ether oxygens (including phenoxy) is 2. The molecular formula is C21H18O3. The summed E-state index contributed by atoms with van der Waals surface area (Å²) < 4.78 is 11.1. The standard InChI is InChI=1S/C21H18O3/c1-23-19-9-5-6-10-20(19)24-15-16-11-13-18(14-12-16)21(22)17-7-3-2-4-8-17/h2-14H,15H2,1H3. The van der Waals surface area contributed by atoms with E-state index in [9.17, 15) is 4.79 Å². The van der Waals surface area contributed by atoms with E-state index in [1.165, 1.54) is 0 Å². The van der Waals surface area contributed by atoms with Crippen LogP contribution in [0.4, 0.5) is 0 Å². The van der Waals surface area contributed by atoms with Crippen molar-refractivity contribution in [2.45, 2.75) is 6.61 Å². The molecule has 0 saturated heterocycles. The van der Waals surface area contributed by atoms with Gasteiger partial charge in [-0.15, -0.1) is 0 Å². The molecule has 0 fully saturated rings. The Bertz CT molecular complexity index is 808. The molecule has 0 unspecified atom stereocenters. The highest BCUT2D eigenvalue weighted by Gasteiger charge is 2.08. The molecule has 0 aliphatic rings. The lowest BCUT2D eigenvalue weighted by molar-refractivity contribution is 0.103. The second-order valence-corrected chi connectivity index (χ2v) is 5.33. The van der Waals surface area contributed by atoms with Crippen molar-refractivity contribution in [3.8, 4) is 11.5 Å². The number of benzene rings is 3. The van der Waals surface area contributed by atoms with E-state index in [0.29, 0.717) is 29.2 Å². The van der Waals surface area contributed by atoms with Gasteiger partial charge < -0.3 is 9.47 Å². The summed E-state index contributed by atoms with van der Waals surface area (Å²) in [6.45, 7) is 0.417. The van der Waals surface area contributed by atoms with Gasteiger partial charge in [0.15, 0.2) is 17.3 Å². The highest BCUT2D eigenvalue weighted by molar-refractivity contribution is 6.08. The van der Waals surface area contributed by atoms with Crippen molar-refractivity contribution in [2.75, 3.05) is 7.11 Å². The van der Waals surface area contributed by atoms with E-state index in [1.54, 1.807) is 7.11 Å². The Morgan fingerprint density at radius 3 is 2.00 bits per heavy atom. The summed E-state index contributed by atoms with van der Waals surface area (Å²) in [5.41, 5.74) is 2.35. The maximum atomic E-state index is 12.4. The molecule has 0 saturated carbocycles. The maximum absolute atomic E-state index is 12.4. The highest BCUT2D eigenvalue weighted by atomic mass is 16.5. The first-order valence-corrected chi connectivity index (χ1v) is 7.72. The minimum atomic E-state index is 0.0211. The molecule has 3 rings (SSSR count). The minimum Gasteiger partial charge on any atom is -0.493 e. The Hall–Kier alpha value is -3.07. The summed E-state index contributed by atoms with van der Waals surface area (Å²) in [5, 5.41) is 0. The Morgan fingerprint density at radius 1 is 0.750 bits per heavy atom. The number of hydrogen-bond donors (Lipinski definition) is 0. The van der Waals surface area contributed by atoms with Gasteiger partial charge in [-0.05, 0) is 17.7 Å². The molecule has 0 bridgehead atoms. The van der Waals surface area contributed by atoms with Crippen molar-refractivity contribution in [1.29, 1.82) is 0 Å². The molecule has 120 valence electrons. The van der Waals surface area contributed by atoms with E-state index < -0.39 is 0 Å². The molecule has 0 radical (unpaired) electrons. The lowest BCUT2D eigenvalue weighted by Crippen LogP contribution is -2.02. The highest BCUT2D eigenvalue weighted by Crippen LogP contribution is 2.26. The number of hydrogen-bond acceptors (Lipinski definition) is 3. The van der Waals surface area contributed by atoms with Crippen LogP contribution in [0.3, 0.4) is 0 Å². The molecule has 0 heterocycles. The fourth-order valence-corrected chi connectivity index (χ4v) is 2.41. The van der Waals surface area contributed by atoms with Gasteiger partial charge in [-0.3, -0.25) is 4.79 Å². The summed E-state index contributed by atoms with van der Waals surface area (Å²) in [5.74, 6) is 1.42. The van der Waals surface area contributed by atoms with Crippen molar-refractivity contribution in [2.24, 2.45) is 0 Å². The second kappa shape index (κ2) is 7.47. The van der Waals surface area contributed by atoms with Crippen molar-refractivity contribution >= 4 is 5.78 Å². The second-order valence-electron chi connectivity index (χ2n) is 5.33. The van der Waals surface area contributed by atoms with Crippen LogP contribution in [0.25, 0.3) is 0 Å². The van der Waals surface area contributed by atoms with Gasteiger partial charge in [-0.25, -0.2) is 0 Å². The first-order chi connectivity index (χ1) is 11.8. The zero-order chi connectivity index (χ0) is 16.8.